The molecule has 1 atom stereocenters. The fourth-order valence-corrected chi connectivity index (χ4v) is 1.35. The first-order valence-electron chi connectivity index (χ1n) is 4.20. The number of hydrogen-bond donors (Lipinski definition) is 2. The average Bonchev–Trinajstić information content (AvgIpc) is 2.11. The lowest BCUT2D eigenvalue weighted by Crippen LogP contribution is -2.43. The molecule has 0 aliphatic heterocycles. The highest BCUT2D eigenvalue weighted by Crippen LogP contribution is 1.98. The van der Waals surface area contributed by atoms with Crippen LogP contribution in [-0.2, 0) is 9.59 Å². The Morgan fingerprint density at radius 1 is 1.57 bits per heavy atom. The van der Waals surface area contributed by atoms with Crippen LogP contribution in [0.15, 0.2) is 0 Å². The Morgan fingerprint density at radius 2 is 2.14 bits per heavy atom. The van der Waals surface area contributed by atoms with E-state index in [1.54, 1.807) is 18.8 Å². The van der Waals surface area contributed by atoms with Gasteiger partial charge >= 0.3 is 5.97 Å². The molecule has 0 fully saturated rings. The fraction of sp³-hybridized carbons (Fsp3) is 0.750. The summed E-state index contributed by atoms with van der Waals surface area (Å²) in [7, 11) is 1.63. The maximum atomic E-state index is 11.4. The minimum atomic E-state index is -1.05. The zero-order chi connectivity index (χ0) is 11.1. The van der Waals surface area contributed by atoms with Gasteiger partial charge in [0.05, 0.1) is 12.5 Å². The molecule has 1 unspecified atom stereocenters. The number of carbonyl (C=O) groups is 2. The van der Waals surface area contributed by atoms with Crippen molar-refractivity contribution in [1.82, 2.24) is 4.90 Å². The lowest BCUT2D eigenvalue weighted by Gasteiger charge is -2.19. The second kappa shape index (κ2) is 6.67. The molecule has 0 heterocycles. The molecule has 0 spiro atoms. The van der Waals surface area contributed by atoms with Crippen LogP contribution in [0.4, 0.5) is 0 Å². The smallest absolute Gasteiger partial charge is 0.305 e. The van der Waals surface area contributed by atoms with Gasteiger partial charge in [-0.25, -0.2) is 0 Å². The number of hydrogen-bond acceptors (Lipinski definition) is 4. The molecule has 0 rings (SSSR count). The normalized spacial score (nSPS) is 12.2. The Balaban J connectivity index is 3.97. The van der Waals surface area contributed by atoms with Crippen molar-refractivity contribution in [3.8, 4) is 0 Å². The molecule has 0 radical (unpaired) electrons. The summed E-state index contributed by atoms with van der Waals surface area (Å²) in [5, 5.41) is 8.44. The Hall–Kier alpha value is -0.750. The SMILES string of the molecule is CSCCN(C)C(=O)C(N)CC(=O)O. The number of likely N-dealkylation sites (N-methyl/N-ethyl adjacent to an activating group) is 1. The van der Waals surface area contributed by atoms with Gasteiger partial charge in [-0.1, -0.05) is 0 Å². The largest absolute Gasteiger partial charge is 0.481 e. The molecule has 14 heavy (non-hydrogen) atoms. The molecular weight excluding hydrogens is 204 g/mol. The summed E-state index contributed by atoms with van der Waals surface area (Å²) in [6.45, 7) is 0.591. The molecule has 0 aliphatic carbocycles. The molecule has 0 aliphatic rings. The molecule has 0 saturated carbocycles. The van der Waals surface area contributed by atoms with Crippen LogP contribution in [0.2, 0.25) is 0 Å². The highest BCUT2D eigenvalue weighted by Gasteiger charge is 2.20. The molecular formula is C8H16N2O3S. The molecule has 82 valence electrons. The monoisotopic (exact) mass is 220 g/mol. The van der Waals surface area contributed by atoms with Gasteiger partial charge in [-0.3, -0.25) is 9.59 Å². The van der Waals surface area contributed by atoms with Crippen molar-refractivity contribution >= 4 is 23.6 Å². The summed E-state index contributed by atoms with van der Waals surface area (Å²) < 4.78 is 0. The molecule has 0 aromatic heterocycles. The van der Waals surface area contributed by atoms with Gasteiger partial charge in [-0.05, 0) is 6.26 Å². The van der Waals surface area contributed by atoms with E-state index in [1.165, 1.54) is 4.90 Å². The number of amides is 1. The van der Waals surface area contributed by atoms with Gasteiger partial charge in [-0.2, -0.15) is 11.8 Å². The predicted octanol–water partition coefficient (Wildman–Crippen LogP) is -0.390. The Kier molecular flexibility index (Phi) is 6.31. The summed E-state index contributed by atoms with van der Waals surface area (Å²) in [6.07, 6.45) is 1.62. The standard InChI is InChI=1S/C8H16N2O3S/c1-10(3-4-14-2)8(13)6(9)5-7(11)12/h6H,3-5,9H2,1-2H3,(H,11,12). The van der Waals surface area contributed by atoms with E-state index >= 15 is 0 Å². The zero-order valence-corrected chi connectivity index (χ0v) is 9.21. The van der Waals surface area contributed by atoms with E-state index in [1.807, 2.05) is 6.26 Å². The number of carboxylic acids is 1. The average molecular weight is 220 g/mol. The van der Waals surface area contributed by atoms with Gasteiger partial charge in [0.2, 0.25) is 5.91 Å². The number of carbonyl (C=O) groups excluding carboxylic acids is 1. The highest BCUT2D eigenvalue weighted by atomic mass is 32.2. The third-order valence-electron chi connectivity index (χ3n) is 1.72. The molecule has 5 nitrogen and oxygen atoms in total. The van der Waals surface area contributed by atoms with E-state index in [2.05, 4.69) is 0 Å². The molecule has 0 aromatic rings. The number of carboxylic acid groups (broad SMARTS) is 1. The molecule has 6 heteroatoms. The minimum absolute atomic E-state index is 0.317. The first kappa shape index (κ1) is 13.2. The van der Waals surface area contributed by atoms with Crippen molar-refractivity contribution in [1.29, 1.82) is 0 Å². The quantitative estimate of drug-likeness (QED) is 0.637. The van der Waals surface area contributed by atoms with Gasteiger partial charge in [-0.15, -0.1) is 0 Å². The van der Waals surface area contributed by atoms with Crippen LogP contribution >= 0.6 is 11.8 Å². The van der Waals surface area contributed by atoms with Crippen molar-refractivity contribution in [3.63, 3.8) is 0 Å². The molecule has 3 N–H and O–H groups in total. The van der Waals surface area contributed by atoms with Crippen molar-refractivity contribution in [2.75, 3.05) is 25.6 Å². The van der Waals surface area contributed by atoms with Crippen LogP contribution in [0, 0.1) is 0 Å². The Morgan fingerprint density at radius 3 is 2.57 bits per heavy atom. The maximum absolute atomic E-state index is 11.4. The van der Waals surface area contributed by atoms with Gasteiger partial charge < -0.3 is 15.7 Å². The van der Waals surface area contributed by atoms with E-state index in [0.29, 0.717) is 6.54 Å². The summed E-state index contributed by atoms with van der Waals surface area (Å²) in [5.41, 5.74) is 5.41. The second-order valence-electron chi connectivity index (χ2n) is 2.96. The first-order chi connectivity index (χ1) is 6.49. The molecule has 0 saturated heterocycles. The van der Waals surface area contributed by atoms with E-state index in [-0.39, 0.29) is 12.3 Å². The Labute approximate surface area is 87.6 Å². The number of rotatable bonds is 6. The lowest BCUT2D eigenvalue weighted by atomic mass is 10.2. The van der Waals surface area contributed by atoms with Crippen molar-refractivity contribution in [3.05, 3.63) is 0 Å². The van der Waals surface area contributed by atoms with Crippen LogP contribution in [0.25, 0.3) is 0 Å². The Bertz CT molecular complexity index is 211. The predicted molar refractivity (Wildman–Crippen MR) is 56.2 cm³/mol. The first-order valence-corrected chi connectivity index (χ1v) is 5.59. The van der Waals surface area contributed by atoms with Crippen LogP contribution in [0.5, 0.6) is 0 Å². The fourth-order valence-electron chi connectivity index (χ4n) is 0.897. The van der Waals surface area contributed by atoms with Crippen LogP contribution in [-0.4, -0.2) is 53.5 Å². The molecule has 0 aromatic carbocycles. The maximum Gasteiger partial charge on any atom is 0.305 e. The topological polar surface area (TPSA) is 83.6 Å². The summed E-state index contributed by atoms with van der Waals surface area (Å²) >= 11 is 1.62. The van der Waals surface area contributed by atoms with Gasteiger partial charge in [0.15, 0.2) is 0 Å². The van der Waals surface area contributed by atoms with Crippen molar-refractivity contribution < 1.29 is 14.7 Å². The van der Waals surface area contributed by atoms with E-state index in [0.717, 1.165) is 5.75 Å². The van der Waals surface area contributed by atoms with Gasteiger partial charge in [0.1, 0.15) is 0 Å². The highest BCUT2D eigenvalue weighted by molar-refractivity contribution is 7.98. The number of nitrogens with two attached hydrogens (primary N) is 1. The summed E-state index contributed by atoms with van der Waals surface area (Å²) in [6, 6.07) is -0.931. The number of aliphatic carboxylic acids is 1. The third-order valence-corrected chi connectivity index (χ3v) is 2.31. The van der Waals surface area contributed by atoms with E-state index < -0.39 is 12.0 Å². The summed E-state index contributed by atoms with van der Waals surface area (Å²) in [5.74, 6) is -0.548. The lowest BCUT2D eigenvalue weighted by molar-refractivity contribution is -0.141. The van der Waals surface area contributed by atoms with Crippen LogP contribution in [0.1, 0.15) is 6.42 Å². The second-order valence-corrected chi connectivity index (χ2v) is 3.94. The number of nitrogens with zero attached hydrogens (tertiary/aromatic N) is 1. The van der Waals surface area contributed by atoms with E-state index in [4.69, 9.17) is 10.8 Å². The van der Waals surface area contributed by atoms with Gasteiger partial charge in [0, 0.05) is 19.3 Å². The molecule has 0 bridgehead atoms. The van der Waals surface area contributed by atoms with Crippen molar-refractivity contribution in [2.24, 2.45) is 5.73 Å². The number of thioether (sulfide) groups is 1. The van der Waals surface area contributed by atoms with E-state index in [9.17, 15) is 9.59 Å². The van der Waals surface area contributed by atoms with Crippen LogP contribution in [0.3, 0.4) is 0 Å². The third kappa shape index (κ3) is 5.08. The zero-order valence-electron chi connectivity index (χ0n) is 8.40. The van der Waals surface area contributed by atoms with Crippen molar-refractivity contribution in [2.45, 2.75) is 12.5 Å². The van der Waals surface area contributed by atoms with Crippen LogP contribution < -0.4 is 5.73 Å². The summed E-state index contributed by atoms with van der Waals surface area (Å²) in [4.78, 5) is 23.2. The minimum Gasteiger partial charge on any atom is -0.481 e. The van der Waals surface area contributed by atoms with Gasteiger partial charge in [0.25, 0.3) is 0 Å². The molecule has 1 amide bonds.